The van der Waals surface area contributed by atoms with Crippen molar-refractivity contribution in [3.8, 4) is 0 Å². The molecule has 2 rings (SSSR count). The summed E-state index contributed by atoms with van der Waals surface area (Å²) >= 11 is 0. The van der Waals surface area contributed by atoms with E-state index in [2.05, 4.69) is 5.32 Å². The van der Waals surface area contributed by atoms with E-state index in [1.54, 1.807) is 6.07 Å². The summed E-state index contributed by atoms with van der Waals surface area (Å²) in [5.74, 6) is -0.887. The first kappa shape index (κ1) is 11.7. The van der Waals surface area contributed by atoms with Gasteiger partial charge in [0.2, 0.25) is 0 Å². The van der Waals surface area contributed by atoms with Crippen molar-refractivity contribution in [2.45, 2.75) is 25.4 Å². The van der Waals surface area contributed by atoms with Crippen molar-refractivity contribution in [2.24, 2.45) is 11.7 Å². The molecule has 1 aromatic heterocycles. The van der Waals surface area contributed by atoms with Crippen molar-refractivity contribution in [3.05, 3.63) is 23.7 Å². The summed E-state index contributed by atoms with van der Waals surface area (Å²) in [7, 11) is 0. The monoisotopic (exact) mass is 238 g/mol. The Morgan fingerprint density at radius 1 is 1.53 bits per heavy atom. The van der Waals surface area contributed by atoms with Gasteiger partial charge in [0, 0.05) is 0 Å². The summed E-state index contributed by atoms with van der Waals surface area (Å²) in [6, 6.07) is 2.26. The lowest BCUT2D eigenvalue weighted by Gasteiger charge is -2.11. The molecule has 0 radical (unpaired) electrons. The van der Waals surface area contributed by atoms with Gasteiger partial charge in [0.25, 0.3) is 5.91 Å². The number of hydrogen-bond acceptors (Lipinski definition) is 4. The second kappa shape index (κ2) is 4.58. The van der Waals surface area contributed by atoms with Crippen LogP contribution in [0.15, 0.2) is 16.5 Å². The van der Waals surface area contributed by atoms with E-state index in [4.69, 9.17) is 15.3 Å². The molecule has 1 aromatic rings. The zero-order valence-electron chi connectivity index (χ0n) is 9.18. The van der Waals surface area contributed by atoms with E-state index >= 15 is 0 Å². The predicted molar refractivity (Wildman–Crippen MR) is 58.2 cm³/mol. The van der Waals surface area contributed by atoms with Gasteiger partial charge in [-0.3, -0.25) is 4.79 Å². The summed E-state index contributed by atoms with van der Waals surface area (Å²) in [5.41, 5.74) is 5.35. The second-order valence-corrected chi connectivity index (χ2v) is 4.10. The number of rotatable bonds is 5. The maximum atomic E-state index is 11.7. The lowest BCUT2D eigenvalue weighted by atomic mass is 10.2. The van der Waals surface area contributed by atoms with Crippen LogP contribution in [0.25, 0.3) is 0 Å². The maximum Gasteiger partial charge on any atom is 0.326 e. The molecule has 1 unspecified atom stereocenters. The third-order valence-electron chi connectivity index (χ3n) is 2.73. The zero-order chi connectivity index (χ0) is 12.4. The maximum absolute atomic E-state index is 11.7. The van der Waals surface area contributed by atoms with E-state index in [1.807, 2.05) is 0 Å². The Morgan fingerprint density at radius 3 is 2.71 bits per heavy atom. The molecule has 17 heavy (non-hydrogen) atoms. The first-order valence-corrected chi connectivity index (χ1v) is 5.44. The third-order valence-corrected chi connectivity index (χ3v) is 2.73. The van der Waals surface area contributed by atoms with Crippen molar-refractivity contribution >= 4 is 11.9 Å². The van der Waals surface area contributed by atoms with Crippen LogP contribution < -0.4 is 11.1 Å². The van der Waals surface area contributed by atoms with E-state index in [0.29, 0.717) is 5.76 Å². The fraction of sp³-hybridized carbons (Fsp3) is 0.455. The highest BCUT2D eigenvalue weighted by molar-refractivity contribution is 5.94. The molecule has 1 aliphatic rings. The minimum atomic E-state index is -1.01. The van der Waals surface area contributed by atoms with Crippen molar-refractivity contribution < 1.29 is 19.1 Å². The van der Waals surface area contributed by atoms with Gasteiger partial charge in [0.15, 0.2) is 5.76 Å². The molecular formula is C11H14N2O4. The Morgan fingerprint density at radius 2 is 2.24 bits per heavy atom. The van der Waals surface area contributed by atoms with E-state index in [-0.39, 0.29) is 18.2 Å². The molecule has 0 bridgehead atoms. The van der Waals surface area contributed by atoms with Crippen LogP contribution in [0.5, 0.6) is 0 Å². The SMILES string of the molecule is NCc1ccc(C(=O)NC(C(=O)O)C2CC2)o1. The highest BCUT2D eigenvalue weighted by Crippen LogP contribution is 2.32. The molecule has 1 atom stereocenters. The lowest BCUT2D eigenvalue weighted by Crippen LogP contribution is -2.42. The van der Waals surface area contributed by atoms with Gasteiger partial charge in [0.1, 0.15) is 11.8 Å². The molecule has 1 amide bonds. The fourth-order valence-corrected chi connectivity index (χ4v) is 1.63. The Balaban J connectivity index is 2.02. The molecular weight excluding hydrogens is 224 g/mol. The number of carbonyl (C=O) groups is 2. The van der Waals surface area contributed by atoms with Crippen LogP contribution in [-0.4, -0.2) is 23.0 Å². The standard InChI is InChI=1S/C11H14N2O4/c12-5-7-3-4-8(17-7)10(14)13-9(11(15)16)6-1-2-6/h3-4,6,9H,1-2,5,12H2,(H,13,14)(H,15,16). The van der Waals surface area contributed by atoms with E-state index in [1.165, 1.54) is 6.07 Å². The van der Waals surface area contributed by atoms with Gasteiger partial charge < -0.3 is 20.6 Å². The fourth-order valence-electron chi connectivity index (χ4n) is 1.63. The van der Waals surface area contributed by atoms with E-state index in [0.717, 1.165) is 12.8 Å². The zero-order valence-corrected chi connectivity index (χ0v) is 9.18. The molecule has 6 heteroatoms. The molecule has 0 aliphatic heterocycles. The molecule has 1 heterocycles. The van der Waals surface area contributed by atoms with Crippen LogP contribution in [0.2, 0.25) is 0 Å². The van der Waals surface area contributed by atoms with Gasteiger partial charge in [-0.05, 0) is 30.9 Å². The Labute approximate surface area is 97.8 Å². The third kappa shape index (κ3) is 2.65. The first-order chi connectivity index (χ1) is 8.11. The number of carboxylic acids is 1. The van der Waals surface area contributed by atoms with Crippen LogP contribution >= 0.6 is 0 Å². The van der Waals surface area contributed by atoms with Gasteiger partial charge in [-0.2, -0.15) is 0 Å². The molecule has 6 nitrogen and oxygen atoms in total. The molecule has 4 N–H and O–H groups in total. The topological polar surface area (TPSA) is 106 Å². The summed E-state index contributed by atoms with van der Waals surface area (Å²) in [6.07, 6.45) is 1.67. The van der Waals surface area contributed by atoms with Crippen molar-refractivity contribution in [2.75, 3.05) is 0 Å². The Hall–Kier alpha value is -1.82. The summed E-state index contributed by atoms with van der Waals surface area (Å²) < 4.78 is 5.15. The van der Waals surface area contributed by atoms with Crippen molar-refractivity contribution in [3.63, 3.8) is 0 Å². The quantitative estimate of drug-likeness (QED) is 0.685. The van der Waals surface area contributed by atoms with Crippen LogP contribution in [-0.2, 0) is 11.3 Å². The van der Waals surface area contributed by atoms with Crippen LogP contribution in [0.1, 0.15) is 29.2 Å². The number of hydrogen-bond donors (Lipinski definition) is 3. The molecule has 0 spiro atoms. The van der Waals surface area contributed by atoms with Gasteiger partial charge in [0.05, 0.1) is 6.54 Å². The lowest BCUT2D eigenvalue weighted by molar-refractivity contribution is -0.139. The highest BCUT2D eigenvalue weighted by Gasteiger charge is 2.37. The molecule has 0 saturated heterocycles. The molecule has 1 saturated carbocycles. The minimum absolute atomic E-state index is 0.0420. The average Bonchev–Trinajstić information content (AvgIpc) is 3.01. The van der Waals surface area contributed by atoms with Crippen LogP contribution in [0, 0.1) is 5.92 Å². The number of furan rings is 1. The molecule has 0 aromatic carbocycles. The van der Waals surface area contributed by atoms with Crippen molar-refractivity contribution in [1.29, 1.82) is 0 Å². The number of carbonyl (C=O) groups excluding carboxylic acids is 1. The van der Waals surface area contributed by atoms with Crippen LogP contribution in [0.3, 0.4) is 0 Å². The van der Waals surface area contributed by atoms with Gasteiger partial charge >= 0.3 is 5.97 Å². The number of amides is 1. The number of aliphatic carboxylic acids is 1. The first-order valence-electron chi connectivity index (χ1n) is 5.44. The van der Waals surface area contributed by atoms with Gasteiger partial charge in [-0.1, -0.05) is 0 Å². The van der Waals surface area contributed by atoms with E-state index < -0.39 is 17.9 Å². The molecule has 1 aliphatic carbocycles. The predicted octanol–water partition coefficient (Wildman–Crippen LogP) is 0.331. The number of nitrogens with two attached hydrogens (primary N) is 1. The highest BCUT2D eigenvalue weighted by atomic mass is 16.4. The summed E-state index contributed by atoms with van der Waals surface area (Å²) in [5, 5.41) is 11.4. The number of carboxylic acid groups (broad SMARTS) is 1. The van der Waals surface area contributed by atoms with Crippen LogP contribution in [0.4, 0.5) is 0 Å². The van der Waals surface area contributed by atoms with Gasteiger partial charge in [-0.15, -0.1) is 0 Å². The smallest absolute Gasteiger partial charge is 0.326 e. The Kier molecular flexibility index (Phi) is 3.14. The average molecular weight is 238 g/mol. The van der Waals surface area contributed by atoms with Crippen molar-refractivity contribution in [1.82, 2.24) is 5.32 Å². The second-order valence-electron chi connectivity index (χ2n) is 4.10. The number of nitrogens with one attached hydrogen (secondary N) is 1. The van der Waals surface area contributed by atoms with E-state index in [9.17, 15) is 9.59 Å². The minimum Gasteiger partial charge on any atom is -0.480 e. The van der Waals surface area contributed by atoms with Gasteiger partial charge in [-0.25, -0.2) is 4.79 Å². The summed E-state index contributed by atoms with van der Waals surface area (Å²) in [4.78, 5) is 22.7. The molecule has 92 valence electrons. The Bertz CT molecular complexity index is 436. The summed E-state index contributed by atoms with van der Waals surface area (Å²) in [6.45, 7) is 0.207. The largest absolute Gasteiger partial charge is 0.480 e. The normalized spacial score (nSPS) is 16.5. The molecule has 1 fully saturated rings.